The maximum Gasteiger partial charge on any atom is 0.246 e. The summed E-state index contributed by atoms with van der Waals surface area (Å²) in [4.78, 5) is 27.9. The van der Waals surface area contributed by atoms with Crippen molar-refractivity contribution in [1.29, 1.82) is 0 Å². The molecule has 146 valence electrons. The van der Waals surface area contributed by atoms with Crippen molar-refractivity contribution in [1.82, 2.24) is 19.9 Å². The van der Waals surface area contributed by atoms with E-state index < -0.39 is 0 Å². The number of aromatic nitrogens is 3. The lowest BCUT2D eigenvalue weighted by atomic mass is 10.3. The Balaban J connectivity index is 1.40. The number of fused-ring (bicyclic) bond motifs is 1. The minimum Gasteiger partial charge on any atom is -0.481 e. The molecule has 29 heavy (non-hydrogen) atoms. The van der Waals surface area contributed by atoms with Crippen LogP contribution in [0.1, 0.15) is 5.69 Å². The van der Waals surface area contributed by atoms with Crippen molar-refractivity contribution >= 4 is 22.9 Å². The fraction of sp³-hybridized carbons (Fsp3) is 0.227. The molecule has 1 fully saturated rings. The molecule has 1 amide bonds. The van der Waals surface area contributed by atoms with Crippen LogP contribution in [0.3, 0.4) is 0 Å². The number of carbonyl (C=O) groups is 1. The second-order valence-corrected chi connectivity index (χ2v) is 6.58. The summed E-state index contributed by atoms with van der Waals surface area (Å²) in [5.74, 6) is 7.47. The van der Waals surface area contributed by atoms with Crippen LogP contribution < -0.4 is 9.64 Å². The van der Waals surface area contributed by atoms with Gasteiger partial charge in [0.05, 0.1) is 5.69 Å². The van der Waals surface area contributed by atoms with Crippen LogP contribution in [0.15, 0.2) is 55.3 Å². The first kappa shape index (κ1) is 18.6. The van der Waals surface area contributed by atoms with Crippen LogP contribution in [0.25, 0.3) is 11.0 Å². The van der Waals surface area contributed by atoms with Gasteiger partial charge in [-0.1, -0.05) is 30.7 Å². The molecule has 1 aliphatic heterocycles. The summed E-state index contributed by atoms with van der Waals surface area (Å²) in [6.07, 6.45) is 3.14. The van der Waals surface area contributed by atoms with Crippen molar-refractivity contribution in [3.05, 3.63) is 60.9 Å². The van der Waals surface area contributed by atoms with E-state index in [1.807, 2.05) is 36.4 Å². The molecule has 0 spiro atoms. The second-order valence-electron chi connectivity index (χ2n) is 6.58. The van der Waals surface area contributed by atoms with E-state index in [-0.39, 0.29) is 5.91 Å². The molecule has 0 saturated carbocycles. The number of amides is 1. The number of para-hydroxylation sites is 1. The number of hydrogen-bond acceptors (Lipinski definition) is 5. The summed E-state index contributed by atoms with van der Waals surface area (Å²) in [6, 6.07) is 11.5. The predicted octanol–water partition coefficient (Wildman–Crippen LogP) is 2.22. The third-order valence-corrected chi connectivity index (χ3v) is 4.68. The fourth-order valence-corrected chi connectivity index (χ4v) is 3.15. The Morgan fingerprint density at radius 2 is 2.03 bits per heavy atom. The van der Waals surface area contributed by atoms with Gasteiger partial charge >= 0.3 is 0 Å². The highest BCUT2D eigenvalue weighted by Gasteiger charge is 2.21. The number of piperazine rings is 1. The van der Waals surface area contributed by atoms with Gasteiger partial charge in [0.1, 0.15) is 18.0 Å². The topological polar surface area (TPSA) is 74.3 Å². The van der Waals surface area contributed by atoms with Crippen molar-refractivity contribution in [2.45, 2.75) is 0 Å². The van der Waals surface area contributed by atoms with Gasteiger partial charge in [-0.3, -0.25) is 4.79 Å². The summed E-state index contributed by atoms with van der Waals surface area (Å²) in [5.41, 5.74) is 1.51. The van der Waals surface area contributed by atoms with E-state index in [1.54, 1.807) is 11.1 Å². The molecule has 3 aromatic rings. The van der Waals surface area contributed by atoms with Gasteiger partial charge in [0.25, 0.3) is 0 Å². The van der Waals surface area contributed by atoms with Gasteiger partial charge in [0, 0.05) is 37.8 Å². The van der Waals surface area contributed by atoms with E-state index in [4.69, 9.17) is 4.74 Å². The first-order valence-corrected chi connectivity index (χ1v) is 9.42. The first-order chi connectivity index (χ1) is 14.2. The van der Waals surface area contributed by atoms with E-state index in [0.29, 0.717) is 38.7 Å². The summed E-state index contributed by atoms with van der Waals surface area (Å²) in [7, 11) is 0. The third-order valence-electron chi connectivity index (χ3n) is 4.68. The largest absolute Gasteiger partial charge is 0.481 e. The Morgan fingerprint density at radius 1 is 1.24 bits per heavy atom. The molecule has 1 N–H and O–H groups in total. The highest BCUT2D eigenvalue weighted by molar-refractivity contribution is 5.87. The molecule has 1 saturated heterocycles. The zero-order chi connectivity index (χ0) is 20.1. The fourth-order valence-electron chi connectivity index (χ4n) is 3.15. The van der Waals surface area contributed by atoms with E-state index >= 15 is 0 Å². The molecular weight excluding hydrogens is 366 g/mol. The van der Waals surface area contributed by atoms with Crippen molar-refractivity contribution < 1.29 is 9.53 Å². The highest BCUT2D eigenvalue weighted by atomic mass is 16.5. The van der Waals surface area contributed by atoms with Crippen LogP contribution in [0, 0.1) is 11.8 Å². The summed E-state index contributed by atoms with van der Waals surface area (Å²) < 4.78 is 5.58. The van der Waals surface area contributed by atoms with Crippen LogP contribution in [0.5, 0.6) is 5.75 Å². The SMILES string of the molecule is C=CC(=O)N1CCN(c2ncc3cc(C#CCOc4ccccc4)[nH]c3n2)CC1. The summed E-state index contributed by atoms with van der Waals surface area (Å²) in [6.45, 7) is 6.50. The maximum absolute atomic E-state index is 11.7. The van der Waals surface area contributed by atoms with Crippen molar-refractivity contribution in [3.8, 4) is 17.6 Å². The van der Waals surface area contributed by atoms with E-state index in [0.717, 1.165) is 22.5 Å². The smallest absolute Gasteiger partial charge is 0.246 e. The number of ether oxygens (including phenoxy) is 1. The quantitative estimate of drug-likeness (QED) is 0.549. The van der Waals surface area contributed by atoms with Gasteiger partial charge in [0.15, 0.2) is 0 Å². The number of hydrogen-bond donors (Lipinski definition) is 1. The van der Waals surface area contributed by atoms with Gasteiger partial charge in [-0.05, 0) is 30.2 Å². The zero-order valence-electron chi connectivity index (χ0n) is 16.0. The molecule has 0 radical (unpaired) electrons. The predicted molar refractivity (Wildman–Crippen MR) is 112 cm³/mol. The number of H-pyrrole nitrogens is 1. The number of nitrogens with zero attached hydrogens (tertiary/aromatic N) is 4. The van der Waals surface area contributed by atoms with Gasteiger partial charge in [-0.2, -0.15) is 4.98 Å². The Bertz CT molecular complexity index is 1070. The van der Waals surface area contributed by atoms with Gasteiger partial charge in [-0.25, -0.2) is 4.98 Å². The number of carbonyl (C=O) groups excluding carboxylic acids is 1. The minimum absolute atomic E-state index is 0.0372. The molecule has 4 rings (SSSR count). The number of nitrogens with one attached hydrogen (secondary N) is 1. The number of rotatable bonds is 4. The zero-order valence-corrected chi connectivity index (χ0v) is 16.0. The second kappa shape index (κ2) is 8.48. The molecule has 7 heteroatoms. The molecule has 3 heterocycles. The average molecular weight is 387 g/mol. The normalized spacial score (nSPS) is 13.7. The molecule has 1 aliphatic rings. The highest BCUT2D eigenvalue weighted by Crippen LogP contribution is 2.17. The Morgan fingerprint density at radius 3 is 2.79 bits per heavy atom. The van der Waals surface area contributed by atoms with Crippen molar-refractivity contribution in [3.63, 3.8) is 0 Å². The van der Waals surface area contributed by atoms with Gasteiger partial charge in [0.2, 0.25) is 11.9 Å². The third kappa shape index (κ3) is 4.38. The van der Waals surface area contributed by atoms with Gasteiger partial charge in [-0.15, -0.1) is 0 Å². The molecule has 2 aromatic heterocycles. The van der Waals surface area contributed by atoms with Crippen LogP contribution in [-0.4, -0.2) is 58.5 Å². The average Bonchev–Trinajstić information content (AvgIpc) is 3.19. The standard InChI is InChI=1S/C22H21N5O2/c1-2-20(28)26-10-12-27(13-11-26)22-23-16-17-15-18(24-21(17)25-22)7-6-14-29-19-8-4-3-5-9-19/h2-5,8-9,15-16H,1,10-14H2,(H,23,24,25). The summed E-state index contributed by atoms with van der Waals surface area (Å²) >= 11 is 0. The van der Waals surface area contributed by atoms with Crippen LogP contribution >= 0.6 is 0 Å². The molecule has 0 unspecified atom stereocenters. The lowest BCUT2D eigenvalue weighted by Crippen LogP contribution is -2.48. The Kier molecular flexibility index (Phi) is 5.43. The molecule has 1 aromatic carbocycles. The van der Waals surface area contributed by atoms with E-state index in [1.165, 1.54) is 6.08 Å². The van der Waals surface area contributed by atoms with Gasteiger partial charge < -0.3 is 19.5 Å². The molecule has 0 aliphatic carbocycles. The minimum atomic E-state index is -0.0372. The number of aromatic amines is 1. The molecular formula is C22H21N5O2. The lowest BCUT2D eigenvalue weighted by molar-refractivity contribution is -0.126. The van der Waals surface area contributed by atoms with E-state index in [9.17, 15) is 4.79 Å². The Hall–Kier alpha value is -3.79. The Labute approximate surface area is 169 Å². The molecule has 7 nitrogen and oxygen atoms in total. The van der Waals surface area contributed by atoms with Crippen LogP contribution in [0.2, 0.25) is 0 Å². The van der Waals surface area contributed by atoms with Crippen molar-refractivity contribution in [2.24, 2.45) is 0 Å². The van der Waals surface area contributed by atoms with Crippen LogP contribution in [-0.2, 0) is 4.79 Å². The van der Waals surface area contributed by atoms with Crippen molar-refractivity contribution in [2.75, 3.05) is 37.7 Å². The number of anilines is 1. The maximum atomic E-state index is 11.7. The van der Waals surface area contributed by atoms with Crippen LogP contribution in [0.4, 0.5) is 5.95 Å². The monoisotopic (exact) mass is 387 g/mol. The summed E-state index contributed by atoms with van der Waals surface area (Å²) in [5, 5.41) is 0.905. The molecule has 0 bridgehead atoms. The first-order valence-electron chi connectivity index (χ1n) is 9.42. The number of benzene rings is 1. The lowest BCUT2D eigenvalue weighted by Gasteiger charge is -2.34. The van der Waals surface area contributed by atoms with E-state index in [2.05, 4.69) is 38.3 Å². The molecule has 0 atom stereocenters.